The Morgan fingerprint density at radius 1 is 1.29 bits per heavy atom. The van der Waals surface area contributed by atoms with E-state index in [2.05, 4.69) is 8.25 Å². The SMILES string of the molecule is O=P(O)(O)OCC(O)CO[As](=O)(O)O. The molecule has 1 unspecified atom stereocenters. The quantitative estimate of drug-likeness (QED) is 0.260. The Labute approximate surface area is 81.9 Å². The Morgan fingerprint density at radius 2 is 1.79 bits per heavy atom. The van der Waals surface area contributed by atoms with Gasteiger partial charge in [0.25, 0.3) is 0 Å². The van der Waals surface area contributed by atoms with Gasteiger partial charge in [-0.15, -0.1) is 0 Å². The second kappa shape index (κ2) is 5.41. The minimum atomic E-state index is -5.26. The number of phosphoric acid groups is 1. The molecule has 0 amide bonds. The van der Waals surface area contributed by atoms with E-state index in [9.17, 15) is 8.30 Å². The normalized spacial score (nSPS) is 15.5. The molecule has 0 aliphatic carbocycles. The average Bonchev–Trinajstić information content (AvgIpc) is 1.94. The van der Waals surface area contributed by atoms with Gasteiger partial charge >= 0.3 is 81.3 Å². The summed E-state index contributed by atoms with van der Waals surface area (Å²) in [5.74, 6) is 0. The van der Waals surface area contributed by atoms with Gasteiger partial charge in [0.1, 0.15) is 0 Å². The van der Waals surface area contributed by atoms with Gasteiger partial charge in [0, 0.05) is 0 Å². The van der Waals surface area contributed by atoms with Crippen LogP contribution in [0.3, 0.4) is 0 Å². The van der Waals surface area contributed by atoms with Crippen molar-refractivity contribution in [2.45, 2.75) is 6.10 Å². The maximum atomic E-state index is 10.2. The van der Waals surface area contributed by atoms with Gasteiger partial charge in [-0.05, 0) is 0 Å². The van der Waals surface area contributed by atoms with Crippen LogP contribution in [0.15, 0.2) is 0 Å². The van der Waals surface area contributed by atoms with Crippen molar-refractivity contribution in [2.24, 2.45) is 0 Å². The van der Waals surface area contributed by atoms with Crippen LogP contribution in [0.25, 0.3) is 0 Å². The molecular formula is C3H10AsO9P. The van der Waals surface area contributed by atoms with Crippen LogP contribution in [0, 0.1) is 0 Å². The molecule has 0 fully saturated rings. The summed E-state index contributed by atoms with van der Waals surface area (Å²) in [5, 5.41) is 8.85. The van der Waals surface area contributed by atoms with Crippen molar-refractivity contribution in [3.8, 4) is 0 Å². The molecule has 0 bridgehead atoms. The van der Waals surface area contributed by atoms with E-state index >= 15 is 0 Å². The summed E-state index contributed by atoms with van der Waals surface area (Å²) < 4.78 is 44.5. The molecule has 1 atom stereocenters. The zero-order valence-corrected chi connectivity index (χ0v) is 9.53. The molecule has 0 aromatic rings. The van der Waals surface area contributed by atoms with E-state index in [4.69, 9.17) is 23.1 Å². The predicted molar refractivity (Wildman–Crippen MR) is 40.8 cm³/mol. The summed E-state index contributed by atoms with van der Waals surface area (Å²) in [6.45, 7) is -1.54. The first-order valence-corrected chi connectivity index (χ1v) is 7.92. The van der Waals surface area contributed by atoms with Crippen LogP contribution in [0.1, 0.15) is 0 Å². The number of phosphoric ester groups is 1. The fourth-order valence-corrected chi connectivity index (χ4v) is 1.55. The fourth-order valence-electron chi connectivity index (χ4n) is 0.414. The van der Waals surface area contributed by atoms with Crippen molar-refractivity contribution in [3.63, 3.8) is 0 Å². The van der Waals surface area contributed by atoms with Crippen LogP contribution < -0.4 is 0 Å². The van der Waals surface area contributed by atoms with Gasteiger partial charge in [0.2, 0.25) is 0 Å². The summed E-state index contributed by atoms with van der Waals surface area (Å²) in [7, 11) is -4.69. The van der Waals surface area contributed by atoms with Crippen LogP contribution >= 0.6 is 7.82 Å². The molecule has 11 heteroatoms. The molecule has 0 aromatic carbocycles. The average molecular weight is 296 g/mol. The summed E-state index contributed by atoms with van der Waals surface area (Å²) in [6.07, 6.45) is -1.52. The van der Waals surface area contributed by atoms with Crippen LogP contribution in [0.2, 0.25) is 0 Å². The summed E-state index contributed by atoms with van der Waals surface area (Å²) in [4.78, 5) is 16.4. The number of hydrogen-bond acceptors (Lipinski definition) is 5. The number of aliphatic hydroxyl groups excluding tert-OH is 1. The molecule has 0 radical (unpaired) electrons. The van der Waals surface area contributed by atoms with Gasteiger partial charge < -0.3 is 0 Å². The van der Waals surface area contributed by atoms with Crippen molar-refractivity contribution < 1.29 is 39.6 Å². The van der Waals surface area contributed by atoms with E-state index in [1.54, 1.807) is 0 Å². The van der Waals surface area contributed by atoms with Crippen molar-refractivity contribution >= 4 is 22.3 Å². The molecule has 0 aliphatic rings. The summed E-state index contributed by atoms with van der Waals surface area (Å²) in [5.41, 5.74) is 0. The summed E-state index contributed by atoms with van der Waals surface area (Å²) in [6, 6.07) is 0. The van der Waals surface area contributed by atoms with Gasteiger partial charge in [-0.2, -0.15) is 0 Å². The Hall–Kier alpha value is 0.308. The molecule has 0 saturated heterocycles. The number of rotatable bonds is 6. The molecule has 9 nitrogen and oxygen atoms in total. The third kappa shape index (κ3) is 10.4. The topological polar surface area (TPSA) is 154 Å². The third-order valence-electron chi connectivity index (χ3n) is 0.870. The molecule has 0 saturated carbocycles. The van der Waals surface area contributed by atoms with Crippen LogP contribution in [-0.4, -0.2) is 56.9 Å². The van der Waals surface area contributed by atoms with E-state index < -0.39 is 41.7 Å². The fraction of sp³-hybridized carbons (Fsp3) is 1.00. The van der Waals surface area contributed by atoms with Crippen LogP contribution in [0.5, 0.6) is 0 Å². The molecule has 14 heavy (non-hydrogen) atoms. The van der Waals surface area contributed by atoms with Crippen molar-refractivity contribution in [2.75, 3.05) is 13.2 Å². The van der Waals surface area contributed by atoms with Gasteiger partial charge in [-0.25, -0.2) is 0 Å². The van der Waals surface area contributed by atoms with Crippen LogP contribution in [-0.2, 0) is 16.6 Å². The molecule has 0 heterocycles. The second-order valence-corrected chi connectivity index (χ2v) is 6.07. The van der Waals surface area contributed by atoms with E-state index in [0.29, 0.717) is 0 Å². The molecular weight excluding hydrogens is 286 g/mol. The number of aliphatic hydroxyl groups is 1. The van der Waals surface area contributed by atoms with Gasteiger partial charge in [-0.3, -0.25) is 0 Å². The molecule has 0 aromatic heterocycles. The van der Waals surface area contributed by atoms with E-state index in [1.165, 1.54) is 0 Å². The standard InChI is InChI=1S/C3H10AsO9P/c5-3(1-12-4(6,7)8)2-13-14(9,10)11/h3,5H,1-2H2,(H2,6,7,8)(H2,9,10,11). The first kappa shape index (κ1) is 14.3. The molecule has 0 rings (SSSR count). The Bertz CT molecular complexity index is 227. The van der Waals surface area contributed by atoms with Gasteiger partial charge in [0.15, 0.2) is 0 Å². The van der Waals surface area contributed by atoms with Crippen LogP contribution in [0.4, 0.5) is 0 Å². The molecule has 86 valence electrons. The summed E-state index contributed by atoms with van der Waals surface area (Å²) >= 11 is -5.26. The molecule has 0 aliphatic heterocycles. The predicted octanol–water partition coefficient (Wildman–Crippen LogP) is -2.68. The van der Waals surface area contributed by atoms with Gasteiger partial charge in [-0.1, -0.05) is 0 Å². The molecule has 0 spiro atoms. The van der Waals surface area contributed by atoms with E-state index in [1.807, 2.05) is 0 Å². The second-order valence-electron chi connectivity index (χ2n) is 2.23. The first-order valence-electron chi connectivity index (χ1n) is 3.18. The van der Waals surface area contributed by atoms with E-state index in [-0.39, 0.29) is 0 Å². The maximum absolute atomic E-state index is 10.2. The van der Waals surface area contributed by atoms with Crippen molar-refractivity contribution in [1.29, 1.82) is 0 Å². The third-order valence-corrected chi connectivity index (χ3v) is 2.37. The first-order chi connectivity index (χ1) is 6.10. The number of hydrogen-bond donors (Lipinski definition) is 5. The zero-order valence-electron chi connectivity index (χ0n) is 6.76. The van der Waals surface area contributed by atoms with Crippen molar-refractivity contribution in [3.05, 3.63) is 0 Å². The van der Waals surface area contributed by atoms with Crippen molar-refractivity contribution in [1.82, 2.24) is 0 Å². The van der Waals surface area contributed by atoms with E-state index in [0.717, 1.165) is 0 Å². The Kier molecular flexibility index (Phi) is 5.53. The molecule has 5 N–H and O–H groups in total. The zero-order chi connectivity index (χ0) is 11.4. The Balaban J connectivity index is 3.73. The monoisotopic (exact) mass is 296 g/mol. The van der Waals surface area contributed by atoms with Gasteiger partial charge in [0.05, 0.1) is 0 Å². The minimum absolute atomic E-state index is 0.760. The Morgan fingerprint density at radius 3 is 2.14 bits per heavy atom.